The van der Waals surface area contributed by atoms with Crippen molar-refractivity contribution in [1.82, 2.24) is 10.2 Å². The zero-order valence-electron chi connectivity index (χ0n) is 12.3. The van der Waals surface area contributed by atoms with E-state index in [0.29, 0.717) is 12.8 Å². The predicted molar refractivity (Wildman–Crippen MR) is 76.5 cm³/mol. The summed E-state index contributed by atoms with van der Waals surface area (Å²) in [5.41, 5.74) is 0. The number of hydrogen-bond acceptors (Lipinski definition) is 2. The van der Waals surface area contributed by atoms with Crippen LogP contribution >= 0.6 is 0 Å². The molecule has 2 rings (SSSR count). The van der Waals surface area contributed by atoms with Crippen LogP contribution in [0.3, 0.4) is 0 Å². The Labute approximate surface area is 120 Å². The quantitative estimate of drug-likeness (QED) is 0.835. The van der Waals surface area contributed by atoms with Crippen molar-refractivity contribution in [1.29, 1.82) is 0 Å². The molecule has 5 heteroatoms. The van der Waals surface area contributed by atoms with Crippen molar-refractivity contribution < 1.29 is 14.7 Å². The first-order valence-corrected chi connectivity index (χ1v) is 7.88. The summed E-state index contributed by atoms with van der Waals surface area (Å²) in [5, 5.41) is 12.0. The van der Waals surface area contributed by atoms with Crippen LogP contribution < -0.4 is 5.32 Å². The Balaban J connectivity index is 1.79. The van der Waals surface area contributed by atoms with Gasteiger partial charge in [-0.25, -0.2) is 4.79 Å². The smallest absolute Gasteiger partial charge is 0.317 e. The summed E-state index contributed by atoms with van der Waals surface area (Å²) in [7, 11) is 0. The number of urea groups is 1. The van der Waals surface area contributed by atoms with Gasteiger partial charge in [0, 0.05) is 19.1 Å². The van der Waals surface area contributed by atoms with Crippen molar-refractivity contribution in [2.45, 2.75) is 57.9 Å². The molecule has 2 fully saturated rings. The van der Waals surface area contributed by atoms with Crippen LogP contribution in [0.5, 0.6) is 0 Å². The Morgan fingerprint density at radius 1 is 1.20 bits per heavy atom. The number of amides is 2. The highest BCUT2D eigenvalue weighted by Gasteiger charge is 2.31. The van der Waals surface area contributed by atoms with E-state index in [9.17, 15) is 9.59 Å². The van der Waals surface area contributed by atoms with Crippen LogP contribution in [0.15, 0.2) is 0 Å². The number of carbonyl (C=O) groups excluding carboxylic acids is 1. The third kappa shape index (κ3) is 3.87. The lowest BCUT2D eigenvalue weighted by Gasteiger charge is -2.23. The fourth-order valence-corrected chi connectivity index (χ4v) is 3.38. The minimum absolute atomic E-state index is 0.00204. The van der Waals surface area contributed by atoms with Crippen molar-refractivity contribution in [2.75, 3.05) is 13.1 Å². The Bertz CT molecular complexity index is 359. The maximum Gasteiger partial charge on any atom is 0.317 e. The molecular formula is C15H26N2O3. The molecule has 0 radical (unpaired) electrons. The van der Waals surface area contributed by atoms with Gasteiger partial charge in [-0.05, 0) is 44.4 Å². The van der Waals surface area contributed by atoms with E-state index in [1.807, 2.05) is 4.90 Å². The Kier molecular flexibility index (Phi) is 5.26. The first-order valence-electron chi connectivity index (χ1n) is 7.88. The van der Waals surface area contributed by atoms with E-state index in [1.165, 1.54) is 12.8 Å². The average Bonchev–Trinajstić information content (AvgIpc) is 2.75. The summed E-state index contributed by atoms with van der Waals surface area (Å²) >= 11 is 0. The number of hydrogen-bond donors (Lipinski definition) is 2. The summed E-state index contributed by atoms with van der Waals surface area (Å²) < 4.78 is 0. The third-order valence-electron chi connectivity index (χ3n) is 4.82. The third-order valence-corrected chi connectivity index (χ3v) is 4.82. The number of nitrogens with one attached hydrogen (secondary N) is 1. The number of carbonyl (C=O) groups is 2. The maximum atomic E-state index is 12.2. The van der Waals surface area contributed by atoms with E-state index in [2.05, 4.69) is 12.2 Å². The molecule has 1 heterocycles. The molecule has 0 aromatic rings. The number of rotatable bonds is 3. The molecule has 5 nitrogen and oxygen atoms in total. The highest BCUT2D eigenvalue weighted by atomic mass is 16.4. The molecule has 20 heavy (non-hydrogen) atoms. The summed E-state index contributed by atoms with van der Waals surface area (Å²) in [6, 6.07) is 0.0339. The number of carboxylic acid groups (broad SMARTS) is 1. The van der Waals surface area contributed by atoms with Gasteiger partial charge in [0.25, 0.3) is 0 Å². The standard InChI is InChI=1S/C15H26N2O3/c1-2-11-4-3-8-17(9-7-11)15(20)16-13-6-5-12(10-13)14(18)19/h11-13H,2-10H2,1H3,(H,16,20)(H,18,19). The lowest BCUT2D eigenvalue weighted by Crippen LogP contribution is -2.44. The van der Waals surface area contributed by atoms with Crippen molar-refractivity contribution >= 4 is 12.0 Å². The zero-order valence-corrected chi connectivity index (χ0v) is 12.3. The number of likely N-dealkylation sites (tertiary alicyclic amines) is 1. The van der Waals surface area contributed by atoms with Crippen molar-refractivity contribution in [3.63, 3.8) is 0 Å². The molecule has 2 N–H and O–H groups in total. The Hall–Kier alpha value is -1.26. The van der Waals surface area contributed by atoms with Gasteiger partial charge in [0.2, 0.25) is 0 Å². The highest BCUT2D eigenvalue weighted by molar-refractivity contribution is 5.75. The molecule has 1 aliphatic heterocycles. The zero-order chi connectivity index (χ0) is 14.5. The average molecular weight is 282 g/mol. The largest absolute Gasteiger partial charge is 0.481 e. The van der Waals surface area contributed by atoms with E-state index in [0.717, 1.165) is 38.3 Å². The molecule has 0 bridgehead atoms. The van der Waals surface area contributed by atoms with Crippen molar-refractivity contribution in [3.05, 3.63) is 0 Å². The second kappa shape index (κ2) is 6.95. The van der Waals surface area contributed by atoms with Gasteiger partial charge in [-0.15, -0.1) is 0 Å². The van der Waals surface area contributed by atoms with Gasteiger partial charge in [0.05, 0.1) is 5.92 Å². The van der Waals surface area contributed by atoms with Gasteiger partial charge in [-0.3, -0.25) is 4.79 Å². The molecule has 3 atom stereocenters. The van der Waals surface area contributed by atoms with Gasteiger partial charge < -0.3 is 15.3 Å². The fourth-order valence-electron chi connectivity index (χ4n) is 3.38. The van der Waals surface area contributed by atoms with Crippen LogP contribution in [0.2, 0.25) is 0 Å². The number of nitrogens with zero attached hydrogens (tertiary/aromatic N) is 1. The topological polar surface area (TPSA) is 69.6 Å². The SMILES string of the molecule is CCC1CCCN(C(=O)NC2CCC(C(=O)O)C2)CC1. The molecule has 2 aliphatic rings. The second-order valence-electron chi connectivity index (χ2n) is 6.19. The molecule has 3 unspecified atom stereocenters. The molecule has 0 aromatic carbocycles. The lowest BCUT2D eigenvalue weighted by atomic mass is 9.98. The second-order valence-corrected chi connectivity index (χ2v) is 6.19. The van der Waals surface area contributed by atoms with Crippen LogP contribution in [0, 0.1) is 11.8 Å². The molecule has 0 aromatic heterocycles. The monoisotopic (exact) mass is 282 g/mol. The van der Waals surface area contributed by atoms with Crippen molar-refractivity contribution in [3.8, 4) is 0 Å². The molecule has 2 amide bonds. The van der Waals surface area contributed by atoms with E-state index >= 15 is 0 Å². The van der Waals surface area contributed by atoms with Crippen LogP contribution in [0.4, 0.5) is 4.79 Å². The Morgan fingerprint density at radius 2 is 2.00 bits per heavy atom. The normalized spacial score (nSPS) is 30.9. The maximum absolute atomic E-state index is 12.2. The summed E-state index contributed by atoms with van der Waals surface area (Å²) in [4.78, 5) is 25.1. The molecule has 1 aliphatic carbocycles. The van der Waals surface area contributed by atoms with Crippen molar-refractivity contribution in [2.24, 2.45) is 11.8 Å². The van der Waals surface area contributed by atoms with Gasteiger partial charge in [-0.1, -0.05) is 13.3 Å². The van der Waals surface area contributed by atoms with Gasteiger partial charge >= 0.3 is 12.0 Å². The number of carboxylic acids is 1. The van der Waals surface area contributed by atoms with Gasteiger partial charge in [0.1, 0.15) is 0 Å². The summed E-state index contributed by atoms with van der Waals surface area (Å²) in [6.45, 7) is 3.88. The molecule has 1 saturated carbocycles. The minimum Gasteiger partial charge on any atom is -0.481 e. The van der Waals surface area contributed by atoms with Gasteiger partial charge in [0.15, 0.2) is 0 Å². The predicted octanol–water partition coefficient (Wildman–Crippen LogP) is 2.46. The van der Waals surface area contributed by atoms with E-state index < -0.39 is 5.97 Å². The fraction of sp³-hybridized carbons (Fsp3) is 0.867. The molecule has 0 spiro atoms. The molecule has 114 valence electrons. The van der Waals surface area contributed by atoms with E-state index in [-0.39, 0.29) is 18.0 Å². The lowest BCUT2D eigenvalue weighted by molar-refractivity contribution is -0.141. The van der Waals surface area contributed by atoms with Crippen LogP contribution in [-0.4, -0.2) is 41.1 Å². The number of aliphatic carboxylic acids is 1. The van der Waals surface area contributed by atoms with Crippen LogP contribution in [0.25, 0.3) is 0 Å². The Morgan fingerprint density at radius 3 is 2.65 bits per heavy atom. The van der Waals surface area contributed by atoms with Gasteiger partial charge in [-0.2, -0.15) is 0 Å². The molecule has 1 saturated heterocycles. The first kappa shape index (κ1) is 15.1. The summed E-state index contributed by atoms with van der Waals surface area (Å²) in [6.07, 6.45) is 6.61. The minimum atomic E-state index is -0.734. The highest BCUT2D eigenvalue weighted by Crippen LogP contribution is 2.26. The van der Waals surface area contributed by atoms with Crippen LogP contribution in [-0.2, 0) is 4.79 Å². The first-order chi connectivity index (χ1) is 9.60. The molecular weight excluding hydrogens is 256 g/mol. The summed E-state index contributed by atoms with van der Waals surface area (Å²) in [5.74, 6) is -0.271. The van der Waals surface area contributed by atoms with E-state index in [1.54, 1.807) is 0 Å². The van der Waals surface area contributed by atoms with Crippen LogP contribution in [0.1, 0.15) is 51.9 Å². The van der Waals surface area contributed by atoms with E-state index in [4.69, 9.17) is 5.11 Å².